The van der Waals surface area contributed by atoms with E-state index >= 15 is 0 Å². The van der Waals surface area contributed by atoms with Gasteiger partial charge in [0.25, 0.3) is 11.1 Å². The van der Waals surface area contributed by atoms with Crippen molar-refractivity contribution in [3.63, 3.8) is 0 Å². The minimum absolute atomic E-state index is 0.00954. The van der Waals surface area contributed by atoms with Gasteiger partial charge in [0.15, 0.2) is 5.75 Å². The number of fused-ring (bicyclic) bond motifs is 1. The summed E-state index contributed by atoms with van der Waals surface area (Å²) in [6, 6.07) is 1.08. The number of hydrogen-bond acceptors (Lipinski definition) is 5. The number of phenols is 2. The number of benzene rings is 1. The Morgan fingerprint density at radius 2 is 2.15 bits per heavy atom. The maximum absolute atomic E-state index is 11.0. The van der Waals surface area contributed by atoms with E-state index in [0.29, 0.717) is 4.73 Å². The van der Waals surface area contributed by atoms with Crippen molar-refractivity contribution in [2.45, 2.75) is 0 Å². The van der Waals surface area contributed by atoms with Crippen LogP contribution in [0.4, 0.5) is 5.69 Å². The molecule has 1 aromatic carbocycles. The zero-order chi connectivity index (χ0) is 9.59. The number of oxazole rings is 1. The molecule has 0 fully saturated rings. The van der Waals surface area contributed by atoms with Crippen molar-refractivity contribution in [1.29, 1.82) is 0 Å². The van der Waals surface area contributed by atoms with Crippen LogP contribution in [0.25, 0.3) is 11.1 Å². The molecular formula is C7H6N2O4. The predicted molar refractivity (Wildman–Crippen MR) is 42.9 cm³/mol. The molecule has 2 rings (SSSR count). The summed E-state index contributed by atoms with van der Waals surface area (Å²) >= 11 is 0. The molecule has 0 spiro atoms. The zero-order valence-corrected chi connectivity index (χ0v) is 6.39. The minimum atomic E-state index is -0.487. The number of rotatable bonds is 0. The lowest BCUT2D eigenvalue weighted by Gasteiger charge is -1.98. The second kappa shape index (κ2) is 2.19. The fourth-order valence-corrected chi connectivity index (χ4v) is 1.14. The largest absolute Gasteiger partial charge is 0.616 e. The van der Waals surface area contributed by atoms with Crippen LogP contribution in [0, 0.1) is 5.21 Å². The highest BCUT2D eigenvalue weighted by molar-refractivity contribution is 5.89. The summed E-state index contributed by atoms with van der Waals surface area (Å²) in [5.41, 5.74) is 5.36. The average Bonchev–Trinajstić information content (AvgIpc) is 2.44. The van der Waals surface area contributed by atoms with Crippen molar-refractivity contribution in [1.82, 2.24) is 0 Å². The van der Waals surface area contributed by atoms with Crippen molar-refractivity contribution in [2.24, 2.45) is 0 Å². The first-order chi connectivity index (χ1) is 6.11. The topological polar surface area (TPSA) is 107 Å². The first-order valence-electron chi connectivity index (χ1n) is 3.42. The van der Waals surface area contributed by atoms with Gasteiger partial charge in [-0.25, -0.2) is 0 Å². The van der Waals surface area contributed by atoms with Crippen LogP contribution < -0.4 is 10.5 Å². The summed E-state index contributed by atoms with van der Waals surface area (Å²) in [6.07, 6.45) is 0.847. The average molecular weight is 182 g/mol. The van der Waals surface area contributed by atoms with Gasteiger partial charge in [-0.15, -0.1) is 4.73 Å². The van der Waals surface area contributed by atoms with Crippen LogP contribution in [0.2, 0.25) is 0 Å². The van der Waals surface area contributed by atoms with Gasteiger partial charge in [0.1, 0.15) is 5.69 Å². The van der Waals surface area contributed by atoms with E-state index in [1.54, 1.807) is 0 Å². The first kappa shape index (κ1) is 7.53. The van der Waals surface area contributed by atoms with E-state index in [1.807, 2.05) is 0 Å². The monoisotopic (exact) mass is 182 g/mol. The van der Waals surface area contributed by atoms with Crippen LogP contribution in [-0.4, -0.2) is 10.2 Å². The van der Waals surface area contributed by atoms with Gasteiger partial charge in [-0.05, 0) is 0 Å². The summed E-state index contributed by atoms with van der Waals surface area (Å²) in [5, 5.41) is 29.4. The van der Waals surface area contributed by atoms with E-state index in [0.717, 1.165) is 12.5 Å². The molecule has 0 radical (unpaired) electrons. The number of aromatic nitrogens is 1. The lowest BCUT2D eigenvalue weighted by atomic mass is 10.2. The molecule has 2 aromatic rings. The molecule has 4 N–H and O–H groups in total. The van der Waals surface area contributed by atoms with Gasteiger partial charge in [-0.3, -0.25) is 0 Å². The van der Waals surface area contributed by atoms with E-state index in [4.69, 9.17) is 15.3 Å². The fraction of sp³-hybridized carbons (Fsp3) is 0. The summed E-state index contributed by atoms with van der Waals surface area (Å²) < 4.78 is 5.08. The Labute approximate surface area is 72.0 Å². The van der Waals surface area contributed by atoms with Crippen molar-refractivity contribution in [2.75, 3.05) is 5.73 Å². The van der Waals surface area contributed by atoms with Gasteiger partial charge in [-0.2, -0.15) is 0 Å². The Bertz CT molecular complexity index is 477. The number of nitrogen functional groups attached to an aromatic ring is 1. The van der Waals surface area contributed by atoms with Gasteiger partial charge < -0.3 is 25.6 Å². The number of nitrogens with zero attached hydrogens (tertiary/aromatic N) is 1. The number of anilines is 1. The highest BCUT2D eigenvalue weighted by atomic mass is 16.5. The van der Waals surface area contributed by atoms with Crippen LogP contribution in [0.5, 0.6) is 11.5 Å². The Kier molecular flexibility index (Phi) is 1.27. The molecule has 0 saturated carbocycles. The highest BCUT2D eigenvalue weighted by Crippen LogP contribution is 2.35. The predicted octanol–water partition coefficient (Wildman–Crippen LogP) is 0.0596. The Morgan fingerprint density at radius 3 is 2.85 bits per heavy atom. The van der Waals surface area contributed by atoms with E-state index < -0.39 is 11.5 Å². The lowest BCUT2D eigenvalue weighted by molar-refractivity contribution is -0.582. The van der Waals surface area contributed by atoms with E-state index in [-0.39, 0.29) is 16.8 Å². The van der Waals surface area contributed by atoms with Gasteiger partial charge in [0.05, 0.1) is 0 Å². The van der Waals surface area contributed by atoms with Crippen LogP contribution in [-0.2, 0) is 0 Å². The van der Waals surface area contributed by atoms with Gasteiger partial charge in [-0.1, -0.05) is 0 Å². The number of phenolic OH excluding ortho intramolecular Hbond substituents is 2. The molecule has 68 valence electrons. The smallest absolute Gasteiger partial charge is 0.347 e. The third kappa shape index (κ3) is 0.851. The highest BCUT2D eigenvalue weighted by Gasteiger charge is 2.19. The number of aromatic hydroxyl groups is 2. The Hall–Kier alpha value is -2.11. The maximum Gasteiger partial charge on any atom is 0.347 e. The molecule has 0 atom stereocenters. The molecule has 0 unspecified atom stereocenters. The van der Waals surface area contributed by atoms with Gasteiger partial charge >= 0.3 is 6.39 Å². The summed E-state index contributed by atoms with van der Waals surface area (Å²) in [5.74, 6) is -0.904. The normalized spacial score (nSPS) is 10.8. The van der Waals surface area contributed by atoms with Crippen LogP contribution >= 0.6 is 0 Å². The summed E-state index contributed by atoms with van der Waals surface area (Å²) in [6.45, 7) is 0. The summed E-state index contributed by atoms with van der Waals surface area (Å²) in [4.78, 5) is 0. The Morgan fingerprint density at radius 1 is 1.46 bits per heavy atom. The van der Waals surface area contributed by atoms with Crippen molar-refractivity contribution in [3.8, 4) is 11.5 Å². The van der Waals surface area contributed by atoms with Crippen molar-refractivity contribution >= 4 is 16.8 Å². The molecule has 0 amide bonds. The van der Waals surface area contributed by atoms with E-state index in [2.05, 4.69) is 0 Å². The second-order valence-corrected chi connectivity index (χ2v) is 2.56. The first-order valence-corrected chi connectivity index (χ1v) is 3.42. The zero-order valence-electron chi connectivity index (χ0n) is 6.39. The second-order valence-electron chi connectivity index (χ2n) is 2.56. The molecule has 1 aromatic heterocycles. The van der Waals surface area contributed by atoms with E-state index in [9.17, 15) is 10.3 Å². The maximum atomic E-state index is 11.0. The molecule has 0 aliphatic rings. The third-order valence-electron chi connectivity index (χ3n) is 1.73. The molecular weight excluding hydrogens is 176 g/mol. The van der Waals surface area contributed by atoms with Gasteiger partial charge in [0.2, 0.25) is 5.75 Å². The number of hydrogen-bond donors (Lipinski definition) is 3. The molecule has 13 heavy (non-hydrogen) atoms. The molecule has 0 saturated heterocycles. The fourth-order valence-electron chi connectivity index (χ4n) is 1.14. The van der Waals surface area contributed by atoms with Crippen LogP contribution in [0.15, 0.2) is 16.9 Å². The molecule has 0 bridgehead atoms. The van der Waals surface area contributed by atoms with Crippen molar-refractivity contribution < 1.29 is 19.4 Å². The Balaban J connectivity index is 2.99. The number of nitrogens with two attached hydrogens (primary N) is 1. The van der Waals surface area contributed by atoms with Crippen LogP contribution in [0.3, 0.4) is 0 Å². The SMILES string of the molecule is Nc1cc(O)c(O)c2oc[n+]([O-])c12. The molecule has 6 heteroatoms. The third-order valence-corrected chi connectivity index (χ3v) is 1.73. The molecule has 6 nitrogen and oxygen atoms in total. The van der Waals surface area contributed by atoms with Gasteiger partial charge in [0, 0.05) is 6.07 Å². The lowest BCUT2D eigenvalue weighted by Crippen LogP contribution is -2.23. The van der Waals surface area contributed by atoms with Crippen LogP contribution in [0.1, 0.15) is 0 Å². The standard InChI is InChI=1S/C7H6N2O4/c8-3-1-4(10)6(11)7-5(3)9(12)2-13-7/h1-2,10-11H,8H2. The molecule has 0 aliphatic carbocycles. The molecule has 0 aliphatic heterocycles. The van der Waals surface area contributed by atoms with E-state index in [1.165, 1.54) is 0 Å². The minimum Gasteiger partial charge on any atom is -0.616 e. The summed E-state index contributed by atoms with van der Waals surface area (Å²) in [7, 11) is 0. The van der Waals surface area contributed by atoms with Crippen molar-refractivity contribution in [3.05, 3.63) is 17.7 Å². The quantitative estimate of drug-likeness (QED) is 0.175. The molecule has 1 heterocycles.